The van der Waals surface area contributed by atoms with Gasteiger partial charge in [-0.15, -0.1) is 11.3 Å². The predicted molar refractivity (Wildman–Crippen MR) is 141 cm³/mol. The van der Waals surface area contributed by atoms with Crippen LogP contribution in [0.3, 0.4) is 0 Å². The molecule has 0 radical (unpaired) electrons. The molecule has 5 aromatic rings. The molecule has 174 valence electrons. The summed E-state index contributed by atoms with van der Waals surface area (Å²) in [6, 6.07) is 32.0. The van der Waals surface area contributed by atoms with E-state index in [0.717, 1.165) is 43.9 Å². The second-order valence-electron chi connectivity index (χ2n) is 8.11. The third-order valence-electron chi connectivity index (χ3n) is 5.54. The predicted octanol–water partition coefficient (Wildman–Crippen LogP) is 7.83. The van der Waals surface area contributed by atoms with Gasteiger partial charge < -0.3 is 14.2 Å². The van der Waals surface area contributed by atoms with Crippen LogP contribution < -0.4 is 14.2 Å². The molecular formula is C30H24O4S. The van der Waals surface area contributed by atoms with Crippen LogP contribution in [0.5, 0.6) is 23.0 Å². The molecule has 35 heavy (non-hydrogen) atoms. The molecule has 1 aromatic heterocycles. The molecular weight excluding hydrogens is 456 g/mol. The monoisotopic (exact) mass is 480 g/mol. The van der Waals surface area contributed by atoms with Crippen molar-refractivity contribution in [2.75, 3.05) is 6.61 Å². The highest BCUT2D eigenvalue weighted by Gasteiger charge is 2.17. The summed E-state index contributed by atoms with van der Waals surface area (Å²) in [7, 11) is 0. The molecule has 4 nitrogen and oxygen atoms in total. The zero-order valence-corrected chi connectivity index (χ0v) is 20.1. The van der Waals surface area contributed by atoms with E-state index in [0.29, 0.717) is 18.1 Å². The number of hydrogen-bond donors (Lipinski definition) is 0. The number of carbonyl (C=O) groups excluding carboxylic acids is 1. The Labute approximate surface area is 208 Å². The maximum Gasteiger partial charge on any atom is 0.157 e. The molecule has 0 saturated heterocycles. The largest absolute Gasteiger partial charge is 0.489 e. The first kappa shape index (κ1) is 22.7. The number of hydrogen-bond acceptors (Lipinski definition) is 5. The molecule has 0 spiro atoms. The molecule has 0 amide bonds. The zero-order valence-electron chi connectivity index (χ0n) is 19.3. The van der Waals surface area contributed by atoms with E-state index in [1.807, 2.05) is 36.4 Å². The summed E-state index contributed by atoms with van der Waals surface area (Å²) in [5, 5.41) is 1.03. The first-order chi connectivity index (χ1) is 17.2. The van der Waals surface area contributed by atoms with E-state index in [9.17, 15) is 4.79 Å². The summed E-state index contributed by atoms with van der Waals surface area (Å²) in [6.07, 6.45) is 0.730. The van der Waals surface area contributed by atoms with Crippen molar-refractivity contribution < 1.29 is 19.0 Å². The Morgan fingerprint density at radius 1 is 0.771 bits per heavy atom. The lowest BCUT2D eigenvalue weighted by Gasteiger charge is -2.10. The van der Waals surface area contributed by atoms with Crippen LogP contribution in [0, 0.1) is 6.92 Å². The molecule has 0 unspecified atom stereocenters. The molecule has 5 rings (SSSR count). The van der Waals surface area contributed by atoms with Gasteiger partial charge in [-0.2, -0.15) is 0 Å². The Balaban J connectivity index is 1.48. The Hall–Kier alpha value is -4.09. The fraction of sp³-hybridized carbons (Fsp3) is 0.100. The average molecular weight is 481 g/mol. The van der Waals surface area contributed by atoms with Gasteiger partial charge in [-0.05, 0) is 60.5 Å². The first-order valence-electron chi connectivity index (χ1n) is 11.3. The van der Waals surface area contributed by atoms with Crippen LogP contribution >= 0.6 is 11.3 Å². The smallest absolute Gasteiger partial charge is 0.157 e. The van der Waals surface area contributed by atoms with E-state index in [1.54, 1.807) is 23.5 Å². The molecule has 0 aliphatic carbocycles. The molecule has 5 heteroatoms. The van der Waals surface area contributed by atoms with Gasteiger partial charge in [-0.3, -0.25) is 4.79 Å². The topological polar surface area (TPSA) is 44.8 Å². The summed E-state index contributed by atoms with van der Waals surface area (Å²) >= 11 is 1.68. The van der Waals surface area contributed by atoms with E-state index < -0.39 is 0 Å². The highest BCUT2D eigenvalue weighted by atomic mass is 32.1. The van der Waals surface area contributed by atoms with E-state index in [1.165, 1.54) is 5.56 Å². The lowest BCUT2D eigenvalue weighted by molar-refractivity contribution is -0.109. The number of carbonyl (C=O) groups is 1. The highest BCUT2D eigenvalue weighted by Crippen LogP contribution is 2.47. The van der Waals surface area contributed by atoms with Crippen LogP contribution in [0.25, 0.3) is 20.5 Å². The lowest BCUT2D eigenvalue weighted by Crippen LogP contribution is -1.97. The summed E-state index contributed by atoms with van der Waals surface area (Å²) in [4.78, 5) is 11.6. The van der Waals surface area contributed by atoms with Crippen molar-refractivity contribution in [3.63, 3.8) is 0 Å². The Morgan fingerprint density at radius 2 is 1.49 bits per heavy atom. The van der Waals surface area contributed by atoms with Crippen molar-refractivity contribution in [3.8, 4) is 33.4 Å². The molecule has 1 heterocycles. The molecule has 0 saturated carbocycles. The molecule has 0 atom stereocenters. The minimum Gasteiger partial charge on any atom is -0.489 e. The van der Waals surface area contributed by atoms with Gasteiger partial charge in [0, 0.05) is 10.1 Å². The fourth-order valence-corrected chi connectivity index (χ4v) is 4.90. The van der Waals surface area contributed by atoms with Crippen LogP contribution in [0.15, 0.2) is 97.1 Å². The van der Waals surface area contributed by atoms with Gasteiger partial charge in [0.2, 0.25) is 0 Å². The quantitative estimate of drug-likeness (QED) is 0.202. The van der Waals surface area contributed by atoms with Crippen LogP contribution in [0.1, 0.15) is 11.1 Å². The minimum absolute atomic E-state index is 0.0294. The maximum absolute atomic E-state index is 10.6. The van der Waals surface area contributed by atoms with Crippen molar-refractivity contribution in [1.29, 1.82) is 0 Å². The standard InChI is InChI=1S/C30H24O4S/c1-21-7-9-23(10-8-21)30-29(34-25-13-11-24(12-14-25)32-18-17-31)27-16-15-26(19-28(27)35-30)33-20-22-5-3-2-4-6-22/h2-17,19H,18,20H2,1H3. The van der Waals surface area contributed by atoms with Gasteiger partial charge in [0.25, 0.3) is 0 Å². The van der Waals surface area contributed by atoms with E-state index >= 15 is 0 Å². The van der Waals surface area contributed by atoms with E-state index in [4.69, 9.17) is 14.2 Å². The molecule has 0 aliphatic heterocycles. The van der Waals surface area contributed by atoms with E-state index in [-0.39, 0.29) is 6.61 Å². The van der Waals surface area contributed by atoms with Crippen molar-refractivity contribution >= 4 is 27.7 Å². The van der Waals surface area contributed by atoms with Gasteiger partial charge in [0.1, 0.15) is 30.5 Å². The summed E-state index contributed by atoms with van der Waals surface area (Å²) < 4.78 is 18.9. The Kier molecular flexibility index (Phi) is 6.77. The molecule has 0 fully saturated rings. The van der Waals surface area contributed by atoms with Crippen molar-refractivity contribution in [2.24, 2.45) is 0 Å². The normalized spacial score (nSPS) is 10.8. The number of aldehydes is 1. The van der Waals surface area contributed by atoms with Gasteiger partial charge in [-0.25, -0.2) is 0 Å². The van der Waals surface area contributed by atoms with Crippen LogP contribution in [0.2, 0.25) is 0 Å². The highest BCUT2D eigenvalue weighted by molar-refractivity contribution is 7.22. The van der Waals surface area contributed by atoms with Crippen molar-refractivity contribution in [2.45, 2.75) is 13.5 Å². The molecule has 0 bridgehead atoms. The minimum atomic E-state index is 0.0294. The third kappa shape index (κ3) is 5.36. The van der Waals surface area contributed by atoms with Crippen molar-refractivity contribution in [3.05, 3.63) is 108 Å². The summed E-state index contributed by atoms with van der Waals surface area (Å²) in [5.74, 6) is 2.95. The SMILES string of the molecule is Cc1ccc(-c2sc3cc(OCc4ccccc4)ccc3c2Oc2ccc(OCC=O)cc2)cc1. The number of thiophene rings is 1. The Bertz CT molecular complexity index is 1420. The van der Waals surface area contributed by atoms with Crippen LogP contribution in [-0.2, 0) is 11.4 Å². The number of rotatable bonds is 9. The van der Waals surface area contributed by atoms with Crippen molar-refractivity contribution in [1.82, 2.24) is 0 Å². The molecule has 4 aromatic carbocycles. The third-order valence-corrected chi connectivity index (χ3v) is 6.72. The number of benzene rings is 4. The zero-order chi connectivity index (χ0) is 24.0. The van der Waals surface area contributed by atoms with Gasteiger partial charge in [0.05, 0.1) is 4.88 Å². The second-order valence-corrected chi connectivity index (χ2v) is 9.16. The van der Waals surface area contributed by atoms with Crippen LogP contribution in [0.4, 0.5) is 0 Å². The second kappa shape index (κ2) is 10.5. The van der Waals surface area contributed by atoms with Gasteiger partial charge >= 0.3 is 0 Å². The van der Waals surface area contributed by atoms with Gasteiger partial charge in [-0.1, -0.05) is 60.2 Å². The average Bonchev–Trinajstić information content (AvgIpc) is 3.25. The lowest BCUT2D eigenvalue weighted by atomic mass is 10.1. The van der Waals surface area contributed by atoms with Gasteiger partial charge in [0.15, 0.2) is 12.0 Å². The van der Waals surface area contributed by atoms with E-state index in [2.05, 4.69) is 55.5 Å². The van der Waals surface area contributed by atoms with Crippen LogP contribution in [-0.4, -0.2) is 12.9 Å². The Morgan fingerprint density at radius 3 is 2.23 bits per heavy atom. The number of ether oxygens (including phenoxy) is 3. The molecule has 0 aliphatic rings. The molecule has 0 N–H and O–H groups in total. The number of aryl methyl sites for hydroxylation is 1. The maximum atomic E-state index is 10.6. The fourth-order valence-electron chi connectivity index (χ4n) is 3.73. The summed E-state index contributed by atoms with van der Waals surface area (Å²) in [5.41, 5.74) is 3.44. The summed E-state index contributed by atoms with van der Waals surface area (Å²) in [6.45, 7) is 2.63. The first-order valence-corrected chi connectivity index (χ1v) is 12.2. The number of fused-ring (bicyclic) bond motifs is 1.